The van der Waals surface area contributed by atoms with E-state index in [2.05, 4.69) is 34.6 Å². The summed E-state index contributed by atoms with van der Waals surface area (Å²) in [6, 6.07) is 0. The van der Waals surface area contributed by atoms with E-state index in [0.29, 0.717) is 25.7 Å². The molecule has 0 aliphatic rings. The van der Waals surface area contributed by atoms with Crippen LogP contribution in [-0.2, 0) is 65.4 Å². The third-order valence-electron chi connectivity index (χ3n) is 15.8. The first-order chi connectivity index (χ1) is 42.0. The molecular formula is C68H132O17P2. The fraction of sp³-hybridized carbons (Fsp3) is 0.941. The van der Waals surface area contributed by atoms with Crippen molar-refractivity contribution >= 4 is 39.5 Å². The van der Waals surface area contributed by atoms with Gasteiger partial charge in [0.2, 0.25) is 0 Å². The lowest BCUT2D eigenvalue weighted by molar-refractivity contribution is -0.161. The smallest absolute Gasteiger partial charge is 0.462 e. The average molecular weight is 1280 g/mol. The molecule has 0 radical (unpaired) electrons. The molecule has 0 amide bonds. The normalized spacial score (nSPS) is 14.1. The molecule has 0 aliphatic heterocycles. The fourth-order valence-corrected chi connectivity index (χ4v) is 11.9. The van der Waals surface area contributed by atoms with Gasteiger partial charge >= 0.3 is 39.5 Å². The maximum atomic E-state index is 13.0. The molecule has 87 heavy (non-hydrogen) atoms. The number of unbranched alkanes of at least 4 members (excludes halogenated alkanes) is 40. The second kappa shape index (κ2) is 61.6. The van der Waals surface area contributed by atoms with Crippen LogP contribution in [0.2, 0.25) is 0 Å². The maximum absolute atomic E-state index is 13.0. The minimum absolute atomic E-state index is 0.107. The standard InChI is InChI=1S/C68H132O17P2/c1-6-9-12-15-18-21-27-33-37-42-47-52-66(71)79-58-64(85-68(73)54-49-44-39-34-29-26-24-25-28-30-35-40-45-50-61(4)5)60-83-87(76,77)81-56-62(69)55-80-86(74,75)82-59-63(84-67(72)53-48-43-38-32-23-20-17-14-11-8-3)57-78-65(70)51-46-41-36-31-22-19-16-13-10-7-2/h61-64,69H,6-60H2,1-5H3,(H,74,75)(H,76,77)/t62-,63+,64+/m0/s1. The number of aliphatic hydroxyl groups excluding tert-OH is 1. The minimum Gasteiger partial charge on any atom is -0.462 e. The molecule has 516 valence electrons. The summed E-state index contributed by atoms with van der Waals surface area (Å²) in [5, 5.41) is 10.6. The maximum Gasteiger partial charge on any atom is 0.472 e. The van der Waals surface area contributed by atoms with E-state index in [9.17, 15) is 43.2 Å². The van der Waals surface area contributed by atoms with Crippen LogP contribution >= 0.6 is 15.6 Å². The van der Waals surface area contributed by atoms with Crippen molar-refractivity contribution in [2.45, 2.75) is 368 Å². The Bertz CT molecular complexity index is 1690. The van der Waals surface area contributed by atoms with E-state index < -0.39 is 97.5 Å². The first kappa shape index (κ1) is 85.1. The van der Waals surface area contributed by atoms with Crippen LogP contribution in [-0.4, -0.2) is 96.7 Å². The Morgan fingerprint density at radius 2 is 0.529 bits per heavy atom. The molecule has 0 fully saturated rings. The number of phosphoric ester groups is 2. The highest BCUT2D eigenvalue weighted by molar-refractivity contribution is 7.47. The monoisotopic (exact) mass is 1280 g/mol. The molecule has 5 atom stereocenters. The lowest BCUT2D eigenvalue weighted by Gasteiger charge is -2.21. The summed E-state index contributed by atoms with van der Waals surface area (Å²) in [4.78, 5) is 72.4. The first-order valence-electron chi connectivity index (χ1n) is 35.6. The van der Waals surface area contributed by atoms with Crippen molar-refractivity contribution in [1.29, 1.82) is 0 Å². The molecule has 0 bridgehead atoms. The summed E-state index contributed by atoms with van der Waals surface area (Å²) in [6.07, 6.45) is 47.0. The van der Waals surface area contributed by atoms with Crippen LogP contribution in [0, 0.1) is 5.92 Å². The van der Waals surface area contributed by atoms with E-state index in [4.69, 9.17) is 37.0 Å². The number of esters is 4. The molecule has 19 heteroatoms. The summed E-state index contributed by atoms with van der Waals surface area (Å²) in [6.45, 7) is 7.23. The van der Waals surface area contributed by atoms with E-state index in [1.807, 2.05) is 0 Å². The predicted octanol–water partition coefficient (Wildman–Crippen LogP) is 19.4. The van der Waals surface area contributed by atoms with Gasteiger partial charge in [-0.1, -0.05) is 298 Å². The fourth-order valence-electron chi connectivity index (χ4n) is 10.3. The number of rotatable bonds is 68. The summed E-state index contributed by atoms with van der Waals surface area (Å²) < 4.78 is 68.2. The Kier molecular flexibility index (Phi) is 60.2. The Hall–Kier alpha value is -1.94. The lowest BCUT2D eigenvalue weighted by atomic mass is 10.0. The zero-order valence-corrected chi connectivity index (χ0v) is 57.9. The second-order valence-electron chi connectivity index (χ2n) is 25.0. The molecule has 0 aromatic carbocycles. The Morgan fingerprint density at radius 3 is 0.782 bits per heavy atom. The van der Waals surface area contributed by atoms with Gasteiger partial charge in [0.1, 0.15) is 19.3 Å². The number of hydrogen-bond donors (Lipinski definition) is 3. The van der Waals surface area contributed by atoms with Crippen LogP contribution in [0.4, 0.5) is 0 Å². The van der Waals surface area contributed by atoms with Gasteiger partial charge in [0.15, 0.2) is 12.2 Å². The molecule has 0 spiro atoms. The first-order valence-corrected chi connectivity index (χ1v) is 38.6. The Morgan fingerprint density at radius 1 is 0.310 bits per heavy atom. The van der Waals surface area contributed by atoms with E-state index in [0.717, 1.165) is 95.8 Å². The highest BCUT2D eigenvalue weighted by Crippen LogP contribution is 2.45. The third-order valence-corrected chi connectivity index (χ3v) is 17.7. The largest absolute Gasteiger partial charge is 0.472 e. The topological polar surface area (TPSA) is 237 Å². The molecular weight excluding hydrogens is 1150 g/mol. The van der Waals surface area contributed by atoms with E-state index >= 15 is 0 Å². The summed E-state index contributed by atoms with van der Waals surface area (Å²) in [5.74, 6) is -1.34. The SMILES string of the molecule is CCCCCCCCCCCCCC(=O)OC[C@H](COP(=O)(O)OC[C@@H](O)COP(=O)(O)OC[C@@H](COC(=O)CCCCCCCCCCCC)OC(=O)CCCCCCCCCCCC)OC(=O)CCCCCCCCCCCCCCCC(C)C. The Labute approximate surface area is 530 Å². The van der Waals surface area contributed by atoms with Crippen molar-refractivity contribution < 1.29 is 80.2 Å². The summed E-state index contributed by atoms with van der Waals surface area (Å²) in [5.41, 5.74) is 0. The molecule has 3 N–H and O–H groups in total. The van der Waals surface area contributed by atoms with Crippen molar-refractivity contribution in [1.82, 2.24) is 0 Å². The molecule has 0 aromatic rings. The minimum atomic E-state index is -4.95. The van der Waals surface area contributed by atoms with Crippen molar-refractivity contribution in [2.24, 2.45) is 5.92 Å². The molecule has 0 aliphatic carbocycles. The van der Waals surface area contributed by atoms with Crippen LogP contribution in [0.3, 0.4) is 0 Å². The van der Waals surface area contributed by atoms with E-state index in [1.165, 1.54) is 173 Å². The van der Waals surface area contributed by atoms with Gasteiger partial charge in [-0.25, -0.2) is 9.13 Å². The number of carbonyl (C=O) groups is 4. The molecule has 0 rings (SSSR count). The van der Waals surface area contributed by atoms with Crippen LogP contribution in [0.25, 0.3) is 0 Å². The van der Waals surface area contributed by atoms with Gasteiger partial charge in [-0.3, -0.25) is 37.3 Å². The van der Waals surface area contributed by atoms with Crippen LogP contribution in [0.15, 0.2) is 0 Å². The zero-order chi connectivity index (χ0) is 64.2. The summed E-state index contributed by atoms with van der Waals surface area (Å²) >= 11 is 0. The highest BCUT2D eigenvalue weighted by Gasteiger charge is 2.30. The second-order valence-corrected chi connectivity index (χ2v) is 27.9. The molecule has 2 unspecified atom stereocenters. The molecule has 0 saturated carbocycles. The molecule has 0 heterocycles. The molecule has 0 saturated heterocycles. The van der Waals surface area contributed by atoms with Crippen LogP contribution < -0.4 is 0 Å². The van der Waals surface area contributed by atoms with Gasteiger partial charge in [-0.05, 0) is 31.6 Å². The number of ether oxygens (including phenoxy) is 4. The number of carbonyl (C=O) groups excluding carboxylic acids is 4. The quantitative estimate of drug-likeness (QED) is 0.0222. The van der Waals surface area contributed by atoms with Gasteiger partial charge < -0.3 is 33.8 Å². The van der Waals surface area contributed by atoms with E-state index in [1.54, 1.807) is 0 Å². The van der Waals surface area contributed by atoms with Crippen molar-refractivity contribution in [2.75, 3.05) is 39.6 Å². The number of phosphoric acid groups is 2. The van der Waals surface area contributed by atoms with Crippen molar-refractivity contribution in [3.63, 3.8) is 0 Å². The van der Waals surface area contributed by atoms with Gasteiger partial charge in [0.25, 0.3) is 0 Å². The van der Waals surface area contributed by atoms with Gasteiger partial charge in [0, 0.05) is 25.7 Å². The van der Waals surface area contributed by atoms with Crippen molar-refractivity contribution in [3.05, 3.63) is 0 Å². The van der Waals surface area contributed by atoms with Crippen LogP contribution in [0.1, 0.15) is 349 Å². The van der Waals surface area contributed by atoms with Crippen LogP contribution in [0.5, 0.6) is 0 Å². The van der Waals surface area contributed by atoms with Gasteiger partial charge in [-0.15, -0.1) is 0 Å². The van der Waals surface area contributed by atoms with Crippen molar-refractivity contribution in [3.8, 4) is 0 Å². The number of hydrogen-bond acceptors (Lipinski definition) is 15. The predicted molar refractivity (Wildman–Crippen MR) is 349 cm³/mol. The third kappa shape index (κ3) is 62.6. The molecule has 0 aromatic heterocycles. The number of aliphatic hydroxyl groups is 1. The van der Waals surface area contributed by atoms with E-state index in [-0.39, 0.29) is 25.7 Å². The lowest BCUT2D eigenvalue weighted by Crippen LogP contribution is -2.30. The Balaban J connectivity index is 5.22. The van der Waals surface area contributed by atoms with Gasteiger partial charge in [-0.2, -0.15) is 0 Å². The average Bonchev–Trinajstić information content (AvgIpc) is 3.68. The molecule has 17 nitrogen and oxygen atoms in total. The zero-order valence-electron chi connectivity index (χ0n) is 56.2. The summed E-state index contributed by atoms with van der Waals surface area (Å²) in [7, 11) is -9.89. The highest BCUT2D eigenvalue weighted by atomic mass is 31.2. The van der Waals surface area contributed by atoms with Gasteiger partial charge in [0.05, 0.1) is 26.4 Å².